The van der Waals surface area contributed by atoms with Crippen LogP contribution in [0.2, 0.25) is 0 Å². The van der Waals surface area contributed by atoms with Gasteiger partial charge >= 0.3 is 0 Å². The molecule has 7 rings (SSSR count). The van der Waals surface area contributed by atoms with Crippen LogP contribution in [-0.4, -0.2) is 19.4 Å². The smallest absolute Gasteiger partial charge is 0.166 e. The molecule has 0 bridgehead atoms. The number of rotatable bonds is 0. The number of nitrogens with zero attached hydrogens (tertiary/aromatic N) is 4. The molecule has 0 amide bonds. The van der Waals surface area contributed by atoms with Gasteiger partial charge in [0.2, 0.25) is 0 Å². The molecular weight excluding hydrogens is 344 g/mol. The summed E-state index contributed by atoms with van der Waals surface area (Å²) in [7, 11) is 0. The number of benzene rings is 2. The summed E-state index contributed by atoms with van der Waals surface area (Å²) in [6.07, 6.45) is 4.61. The van der Waals surface area contributed by atoms with Gasteiger partial charge in [-0.2, -0.15) is 0 Å². The number of aromatic nitrogens is 4. The maximum Gasteiger partial charge on any atom is 0.166 e. The molecule has 0 saturated heterocycles. The highest BCUT2D eigenvalue weighted by atomic mass is 15.1. The van der Waals surface area contributed by atoms with Crippen LogP contribution in [0, 0.1) is 0 Å². The fourth-order valence-electron chi connectivity index (χ4n) is 4.77. The summed E-state index contributed by atoms with van der Waals surface area (Å²) in [5.74, 6) is 0. The molecule has 0 aliphatic heterocycles. The molecule has 4 aromatic heterocycles. The number of imidazole rings is 1. The number of pyridine rings is 3. The van der Waals surface area contributed by atoms with Crippen molar-refractivity contribution in [3.63, 3.8) is 0 Å². The molecule has 0 radical (unpaired) electrons. The lowest BCUT2D eigenvalue weighted by atomic mass is 9.97. The zero-order chi connectivity index (χ0) is 18.2. The Hall–Kier alpha value is -3.79. The molecule has 0 atom stereocenters. The van der Waals surface area contributed by atoms with Crippen molar-refractivity contribution in [3.05, 3.63) is 84.2 Å². The maximum atomic E-state index is 4.93. The fraction of sp³-hybridized carbons (Fsp3) is 0.0417. The largest absolute Gasteiger partial charge is 0.260 e. The molecule has 4 heteroatoms. The van der Waals surface area contributed by atoms with Gasteiger partial charge in [-0.05, 0) is 59.0 Å². The van der Waals surface area contributed by atoms with Crippen molar-refractivity contribution in [2.75, 3.05) is 0 Å². The highest BCUT2D eigenvalue weighted by Crippen LogP contribution is 2.43. The van der Waals surface area contributed by atoms with Crippen molar-refractivity contribution in [2.45, 2.75) is 6.42 Å². The van der Waals surface area contributed by atoms with E-state index in [1.807, 2.05) is 30.6 Å². The molecule has 28 heavy (non-hydrogen) atoms. The molecule has 2 aromatic carbocycles. The van der Waals surface area contributed by atoms with Gasteiger partial charge in [-0.1, -0.05) is 30.3 Å². The highest BCUT2D eigenvalue weighted by molar-refractivity contribution is 6.16. The van der Waals surface area contributed by atoms with E-state index in [2.05, 4.69) is 51.8 Å². The van der Waals surface area contributed by atoms with Gasteiger partial charge in [0.15, 0.2) is 5.65 Å². The first kappa shape index (κ1) is 14.3. The summed E-state index contributed by atoms with van der Waals surface area (Å²) in [6.45, 7) is 0. The van der Waals surface area contributed by atoms with Crippen LogP contribution in [-0.2, 0) is 6.42 Å². The molecule has 6 aromatic rings. The molecule has 130 valence electrons. The van der Waals surface area contributed by atoms with E-state index in [1.54, 1.807) is 0 Å². The van der Waals surface area contributed by atoms with Crippen LogP contribution >= 0.6 is 0 Å². The van der Waals surface area contributed by atoms with Crippen molar-refractivity contribution < 1.29 is 0 Å². The van der Waals surface area contributed by atoms with Crippen LogP contribution in [0.15, 0.2) is 73.1 Å². The van der Waals surface area contributed by atoms with E-state index in [4.69, 9.17) is 9.97 Å². The third-order valence-electron chi connectivity index (χ3n) is 5.91. The summed E-state index contributed by atoms with van der Waals surface area (Å²) >= 11 is 0. The highest BCUT2D eigenvalue weighted by Gasteiger charge is 2.24. The summed E-state index contributed by atoms with van der Waals surface area (Å²) in [5.41, 5.74) is 9.01. The van der Waals surface area contributed by atoms with Gasteiger partial charge < -0.3 is 0 Å². The lowest BCUT2D eigenvalue weighted by molar-refractivity contribution is 1.19. The number of hydrogen-bond acceptors (Lipinski definition) is 3. The van der Waals surface area contributed by atoms with Gasteiger partial charge in [-0.25, -0.2) is 15.0 Å². The normalized spacial score (nSPS) is 12.9. The summed E-state index contributed by atoms with van der Waals surface area (Å²) in [6, 6.07) is 21.3. The Labute approximate surface area is 160 Å². The summed E-state index contributed by atoms with van der Waals surface area (Å²) < 4.78 is 2.10. The quantitative estimate of drug-likeness (QED) is 0.352. The zero-order valence-corrected chi connectivity index (χ0v) is 14.9. The van der Waals surface area contributed by atoms with Crippen molar-refractivity contribution in [1.82, 2.24) is 19.4 Å². The van der Waals surface area contributed by atoms with Gasteiger partial charge in [0.05, 0.1) is 0 Å². The van der Waals surface area contributed by atoms with E-state index in [-0.39, 0.29) is 0 Å². The van der Waals surface area contributed by atoms with Crippen LogP contribution in [0.5, 0.6) is 0 Å². The molecule has 1 aliphatic rings. The third-order valence-corrected chi connectivity index (χ3v) is 5.91. The lowest BCUT2D eigenvalue weighted by Gasteiger charge is -2.11. The molecule has 0 spiro atoms. The van der Waals surface area contributed by atoms with E-state index in [0.29, 0.717) is 0 Å². The Bertz CT molecular complexity index is 1590. The standard InChI is InChI=1S/C24H14N4/c1-2-6-15-14(5-1)13-19-16(15)9-10-18-21(19)17-7-3-11-25-22(17)28-23(18)27-20-8-4-12-26-24(20)28/h1-12H,13H2. The number of hydrogen-bond donors (Lipinski definition) is 0. The van der Waals surface area contributed by atoms with E-state index < -0.39 is 0 Å². The molecule has 1 aliphatic carbocycles. The first-order chi connectivity index (χ1) is 13.9. The van der Waals surface area contributed by atoms with Crippen LogP contribution in [0.3, 0.4) is 0 Å². The third kappa shape index (κ3) is 1.63. The van der Waals surface area contributed by atoms with E-state index in [0.717, 1.165) is 39.7 Å². The van der Waals surface area contributed by atoms with Gasteiger partial charge in [-0.15, -0.1) is 0 Å². The van der Waals surface area contributed by atoms with Crippen LogP contribution in [0.4, 0.5) is 0 Å². The monoisotopic (exact) mass is 358 g/mol. The lowest BCUT2D eigenvalue weighted by Crippen LogP contribution is -1.96. The number of fused-ring (bicyclic) bond motifs is 12. The fourth-order valence-corrected chi connectivity index (χ4v) is 4.77. The van der Waals surface area contributed by atoms with Crippen molar-refractivity contribution in [1.29, 1.82) is 0 Å². The summed E-state index contributed by atoms with van der Waals surface area (Å²) in [4.78, 5) is 14.3. The Morgan fingerprint density at radius 1 is 0.679 bits per heavy atom. The second-order valence-electron chi connectivity index (χ2n) is 7.34. The Kier molecular flexibility index (Phi) is 2.51. The second kappa shape index (κ2) is 4.93. The van der Waals surface area contributed by atoms with Crippen LogP contribution in [0.25, 0.3) is 49.7 Å². The SMILES string of the molecule is c1ccc2c(c1)Cc1c-2ccc2c1c1cccnc1n1c3ncccc3nc21. The minimum absolute atomic E-state index is 0.854. The van der Waals surface area contributed by atoms with Gasteiger partial charge in [0.1, 0.15) is 16.8 Å². The Morgan fingerprint density at radius 2 is 1.50 bits per heavy atom. The predicted octanol–water partition coefficient (Wildman–Crippen LogP) is 5.16. The average molecular weight is 358 g/mol. The van der Waals surface area contributed by atoms with E-state index >= 15 is 0 Å². The average Bonchev–Trinajstić information content (AvgIpc) is 3.32. The summed E-state index contributed by atoms with van der Waals surface area (Å²) in [5, 5.41) is 3.57. The predicted molar refractivity (Wildman–Crippen MR) is 112 cm³/mol. The Balaban J connectivity index is 1.77. The maximum absolute atomic E-state index is 4.93. The second-order valence-corrected chi connectivity index (χ2v) is 7.34. The molecule has 0 saturated carbocycles. The van der Waals surface area contributed by atoms with Gasteiger partial charge in [-0.3, -0.25) is 4.40 Å². The molecule has 4 heterocycles. The molecular formula is C24H14N4. The topological polar surface area (TPSA) is 43.1 Å². The minimum Gasteiger partial charge on any atom is -0.260 e. The zero-order valence-electron chi connectivity index (χ0n) is 14.9. The van der Waals surface area contributed by atoms with Gasteiger partial charge in [0, 0.05) is 28.6 Å². The molecule has 0 N–H and O–H groups in total. The van der Waals surface area contributed by atoms with Crippen molar-refractivity contribution in [3.8, 4) is 11.1 Å². The first-order valence-electron chi connectivity index (χ1n) is 9.44. The molecule has 0 unspecified atom stereocenters. The van der Waals surface area contributed by atoms with Crippen molar-refractivity contribution in [2.24, 2.45) is 0 Å². The Morgan fingerprint density at radius 3 is 2.46 bits per heavy atom. The van der Waals surface area contributed by atoms with E-state index in [9.17, 15) is 0 Å². The van der Waals surface area contributed by atoms with Crippen LogP contribution in [0.1, 0.15) is 11.1 Å². The molecule has 0 fully saturated rings. The molecule has 4 nitrogen and oxygen atoms in total. The van der Waals surface area contributed by atoms with Crippen LogP contribution < -0.4 is 0 Å². The first-order valence-corrected chi connectivity index (χ1v) is 9.44. The van der Waals surface area contributed by atoms with E-state index in [1.165, 1.54) is 27.6 Å². The minimum atomic E-state index is 0.854. The van der Waals surface area contributed by atoms with Crippen molar-refractivity contribution >= 4 is 38.6 Å². The van der Waals surface area contributed by atoms with Gasteiger partial charge in [0.25, 0.3) is 0 Å².